The second-order valence-electron chi connectivity index (χ2n) is 8.06. The van der Waals surface area contributed by atoms with Gasteiger partial charge in [0.2, 0.25) is 0 Å². The number of unbranched alkanes of at least 4 members (excludes halogenated alkanes) is 6. The second-order valence-corrected chi connectivity index (χ2v) is 8.06. The molecule has 0 aliphatic heterocycles. The molecule has 0 spiro atoms. The van der Waals surface area contributed by atoms with Crippen molar-refractivity contribution in [1.82, 2.24) is 4.98 Å². The Morgan fingerprint density at radius 3 is 2.20 bits per heavy atom. The predicted molar refractivity (Wildman–Crippen MR) is 123 cm³/mol. The Morgan fingerprint density at radius 2 is 1.57 bits per heavy atom. The first-order chi connectivity index (χ1) is 14.6. The topological polar surface area (TPSA) is 48.4 Å². The molecule has 1 atom stereocenters. The van der Waals surface area contributed by atoms with Crippen LogP contribution >= 0.6 is 0 Å². The van der Waals surface area contributed by atoms with Gasteiger partial charge in [-0.1, -0.05) is 65.7 Å². The van der Waals surface area contributed by atoms with E-state index in [-0.39, 0.29) is 5.97 Å². The quantitative estimate of drug-likeness (QED) is 0.187. The summed E-state index contributed by atoms with van der Waals surface area (Å²) >= 11 is 0. The van der Waals surface area contributed by atoms with Crippen LogP contribution in [0.1, 0.15) is 78.6 Å². The molecular formula is C26H37NO3. The van der Waals surface area contributed by atoms with E-state index in [2.05, 4.69) is 25.8 Å². The van der Waals surface area contributed by atoms with E-state index >= 15 is 0 Å². The van der Waals surface area contributed by atoms with Crippen LogP contribution in [-0.2, 0) is 4.79 Å². The van der Waals surface area contributed by atoms with Crippen molar-refractivity contribution in [3.8, 4) is 22.8 Å². The molecular weight excluding hydrogens is 374 g/mol. The van der Waals surface area contributed by atoms with Gasteiger partial charge in [-0.2, -0.15) is 0 Å². The normalized spacial score (nSPS) is 11.8. The SMILES string of the molecule is CCCCCCCCCOc1ccc(-c2ccc(OC(=O)CC(C)CC)cc2)nc1. The van der Waals surface area contributed by atoms with Crippen molar-refractivity contribution in [2.24, 2.45) is 5.92 Å². The largest absolute Gasteiger partial charge is 0.492 e. The van der Waals surface area contributed by atoms with Gasteiger partial charge in [0.15, 0.2) is 0 Å². The summed E-state index contributed by atoms with van der Waals surface area (Å²) in [5.74, 6) is 1.53. The van der Waals surface area contributed by atoms with E-state index in [9.17, 15) is 4.79 Å². The molecule has 1 heterocycles. The third-order valence-corrected chi connectivity index (χ3v) is 5.35. The maximum Gasteiger partial charge on any atom is 0.311 e. The van der Waals surface area contributed by atoms with Gasteiger partial charge in [0.1, 0.15) is 11.5 Å². The zero-order valence-electron chi connectivity index (χ0n) is 18.9. The number of pyridine rings is 1. The van der Waals surface area contributed by atoms with Crippen LogP contribution in [0.2, 0.25) is 0 Å². The molecule has 4 heteroatoms. The number of carbonyl (C=O) groups is 1. The molecule has 0 bridgehead atoms. The summed E-state index contributed by atoms with van der Waals surface area (Å²) in [4.78, 5) is 16.4. The van der Waals surface area contributed by atoms with Gasteiger partial charge in [-0.05, 0) is 48.7 Å². The van der Waals surface area contributed by atoms with Crippen molar-refractivity contribution in [2.45, 2.75) is 78.6 Å². The van der Waals surface area contributed by atoms with Gasteiger partial charge >= 0.3 is 5.97 Å². The van der Waals surface area contributed by atoms with Gasteiger partial charge in [-0.3, -0.25) is 9.78 Å². The molecule has 2 aromatic rings. The minimum atomic E-state index is -0.183. The third kappa shape index (κ3) is 8.98. The van der Waals surface area contributed by atoms with Crippen molar-refractivity contribution in [2.75, 3.05) is 6.61 Å². The Morgan fingerprint density at radius 1 is 0.900 bits per heavy atom. The van der Waals surface area contributed by atoms with Gasteiger partial charge in [0.05, 0.1) is 18.5 Å². The Bertz CT molecular complexity index is 725. The highest BCUT2D eigenvalue weighted by Gasteiger charge is 2.10. The highest BCUT2D eigenvalue weighted by Crippen LogP contribution is 2.23. The molecule has 0 aliphatic rings. The lowest BCUT2D eigenvalue weighted by atomic mass is 10.1. The van der Waals surface area contributed by atoms with Crippen LogP contribution in [0.25, 0.3) is 11.3 Å². The highest BCUT2D eigenvalue weighted by molar-refractivity contribution is 5.73. The standard InChI is InChI=1S/C26H37NO3/c1-4-6-7-8-9-10-11-18-29-24-16-17-25(27-20-24)22-12-14-23(15-13-22)30-26(28)19-21(3)5-2/h12-17,20-21H,4-11,18-19H2,1-3H3. The zero-order chi connectivity index (χ0) is 21.6. The number of esters is 1. The van der Waals surface area contributed by atoms with E-state index in [1.165, 1.54) is 38.5 Å². The Hall–Kier alpha value is -2.36. The average molecular weight is 412 g/mol. The summed E-state index contributed by atoms with van der Waals surface area (Å²) in [5, 5.41) is 0. The Balaban J connectivity index is 1.74. The molecule has 1 aromatic carbocycles. The minimum Gasteiger partial charge on any atom is -0.492 e. The fourth-order valence-corrected chi connectivity index (χ4v) is 3.18. The first-order valence-electron chi connectivity index (χ1n) is 11.5. The van der Waals surface area contributed by atoms with E-state index in [4.69, 9.17) is 9.47 Å². The number of carbonyl (C=O) groups excluding carboxylic acids is 1. The van der Waals surface area contributed by atoms with E-state index < -0.39 is 0 Å². The first-order valence-corrected chi connectivity index (χ1v) is 11.5. The molecule has 2 rings (SSSR count). The van der Waals surface area contributed by atoms with E-state index in [1.54, 1.807) is 6.20 Å². The summed E-state index contributed by atoms with van der Waals surface area (Å²) in [6.07, 6.45) is 12.1. The molecule has 0 saturated carbocycles. The molecule has 30 heavy (non-hydrogen) atoms. The van der Waals surface area contributed by atoms with Crippen molar-refractivity contribution in [1.29, 1.82) is 0 Å². The van der Waals surface area contributed by atoms with Crippen LogP contribution in [0.5, 0.6) is 11.5 Å². The summed E-state index contributed by atoms with van der Waals surface area (Å²) in [5.41, 5.74) is 1.85. The van der Waals surface area contributed by atoms with Gasteiger partial charge in [-0.15, -0.1) is 0 Å². The number of ether oxygens (including phenoxy) is 2. The summed E-state index contributed by atoms with van der Waals surface area (Å²) < 4.78 is 11.2. The zero-order valence-corrected chi connectivity index (χ0v) is 18.9. The lowest BCUT2D eigenvalue weighted by Crippen LogP contribution is -2.11. The van der Waals surface area contributed by atoms with Crippen molar-refractivity contribution in [3.63, 3.8) is 0 Å². The molecule has 4 nitrogen and oxygen atoms in total. The fourth-order valence-electron chi connectivity index (χ4n) is 3.18. The Kier molecular flexibility index (Phi) is 11.0. The highest BCUT2D eigenvalue weighted by atomic mass is 16.5. The minimum absolute atomic E-state index is 0.183. The molecule has 0 saturated heterocycles. The van der Waals surface area contributed by atoms with Crippen molar-refractivity contribution < 1.29 is 14.3 Å². The van der Waals surface area contributed by atoms with Gasteiger partial charge < -0.3 is 9.47 Å². The Labute approximate surface area is 182 Å². The van der Waals surface area contributed by atoms with Crippen LogP contribution in [-0.4, -0.2) is 17.6 Å². The van der Waals surface area contributed by atoms with Gasteiger partial charge in [0, 0.05) is 12.0 Å². The molecule has 0 radical (unpaired) electrons. The third-order valence-electron chi connectivity index (χ3n) is 5.35. The number of nitrogens with zero attached hydrogens (tertiary/aromatic N) is 1. The number of rotatable bonds is 14. The van der Waals surface area contributed by atoms with Crippen LogP contribution in [0.4, 0.5) is 0 Å². The monoisotopic (exact) mass is 411 g/mol. The maximum absolute atomic E-state index is 11.9. The van der Waals surface area contributed by atoms with Crippen LogP contribution in [0.15, 0.2) is 42.6 Å². The lowest BCUT2D eigenvalue weighted by molar-refractivity contribution is -0.135. The molecule has 1 unspecified atom stereocenters. The van der Waals surface area contributed by atoms with E-state index in [0.717, 1.165) is 36.5 Å². The smallest absolute Gasteiger partial charge is 0.311 e. The molecule has 1 aromatic heterocycles. The lowest BCUT2D eigenvalue weighted by Gasteiger charge is -2.09. The first kappa shape index (κ1) is 23.9. The van der Waals surface area contributed by atoms with Gasteiger partial charge in [0.25, 0.3) is 0 Å². The maximum atomic E-state index is 11.9. The van der Waals surface area contributed by atoms with E-state index in [0.29, 0.717) is 18.1 Å². The van der Waals surface area contributed by atoms with Crippen LogP contribution < -0.4 is 9.47 Å². The molecule has 0 aliphatic carbocycles. The van der Waals surface area contributed by atoms with Crippen LogP contribution in [0, 0.1) is 5.92 Å². The molecule has 0 amide bonds. The van der Waals surface area contributed by atoms with Crippen molar-refractivity contribution in [3.05, 3.63) is 42.6 Å². The molecule has 164 valence electrons. The van der Waals surface area contributed by atoms with Crippen LogP contribution in [0.3, 0.4) is 0 Å². The fraction of sp³-hybridized carbons (Fsp3) is 0.538. The molecule has 0 fully saturated rings. The number of aromatic nitrogens is 1. The average Bonchev–Trinajstić information content (AvgIpc) is 2.76. The molecule has 0 N–H and O–H groups in total. The summed E-state index contributed by atoms with van der Waals surface area (Å²) in [6, 6.07) is 11.4. The number of hydrogen-bond acceptors (Lipinski definition) is 4. The van der Waals surface area contributed by atoms with Crippen molar-refractivity contribution >= 4 is 5.97 Å². The summed E-state index contributed by atoms with van der Waals surface area (Å²) in [6.45, 7) is 7.11. The summed E-state index contributed by atoms with van der Waals surface area (Å²) in [7, 11) is 0. The number of benzene rings is 1. The number of hydrogen-bond donors (Lipinski definition) is 0. The van der Waals surface area contributed by atoms with Gasteiger partial charge in [-0.25, -0.2) is 0 Å². The second kappa shape index (κ2) is 13.8. The van der Waals surface area contributed by atoms with E-state index in [1.807, 2.05) is 36.4 Å². The predicted octanol–water partition coefficient (Wildman–Crippen LogP) is 7.22.